The van der Waals surface area contributed by atoms with Crippen molar-refractivity contribution in [2.75, 3.05) is 6.61 Å². The average molecular weight is 333 g/mol. The van der Waals surface area contributed by atoms with Gasteiger partial charge in [0.25, 0.3) is 0 Å². The van der Waals surface area contributed by atoms with Crippen molar-refractivity contribution in [2.45, 2.75) is 25.0 Å². The van der Waals surface area contributed by atoms with E-state index < -0.39 is 0 Å². The van der Waals surface area contributed by atoms with Gasteiger partial charge in [0.15, 0.2) is 0 Å². The second-order valence-electron chi connectivity index (χ2n) is 2.18. The Kier molecular flexibility index (Phi) is 11.5. The summed E-state index contributed by atoms with van der Waals surface area (Å²) in [7, 11) is 1.23. The number of ether oxygens (including phenoxy) is 1. The molecule has 1 atom stereocenters. The van der Waals surface area contributed by atoms with Gasteiger partial charge in [-0.2, -0.15) is 0 Å². The van der Waals surface area contributed by atoms with E-state index >= 15 is 0 Å². The van der Waals surface area contributed by atoms with E-state index in [0.29, 0.717) is 5.73 Å². The van der Waals surface area contributed by atoms with E-state index in [4.69, 9.17) is 4.74 Å². The van der Waals surface area contributed by atoms with Crippen LogP contribution in [0.25, 0.3) is 0 Å². The molecule has 0 aromatic rings. The molecule has 2 radical (unpaired) electrons. The zero-order valence-corrected chi connectivity index (χ0v) is 14.0. The normalized spacial score (nSPS) is 26.0. The van der Waals surface area contributed by atoms with E-state index in [1.165, 1.54) is 29.5 Å². The molecule has 0 amide bonds. The zero-order valence-electron chi connectivity index (χ0n) is 7.52. The van der Waals surface area contributed by atoms with Gasteiger partial charge in [-0.15, -0.1) is 0 Å². The fourth-order valence-electron chi connectivity index (χ4n) is 0.902. The zero-order chi connectivity index (χ0) is 5.11. The predicted molar refractivity (Wildman–Crippen MR) is 43.2 cm³/mol. The van der Waals surface area contributed by atoms with Gasteiger partial charge in [0.1, 0.15) is 0 Å². The van der Waals surface area contributed by atoms with Crippen molar-refractivity contribution in [3.05, 3.63) is 0 Å². The molecule has 1 aliphatic heterocycles. The van der Waals surface area contributed by atoms with Crippen molar-refractivity contribution in [1.82, 2.24) is 0 Å². The molecule has 1 nitrogen and oxygen atoms in total. The molecule has 0 aromatic carbocycles. The van der Waals surface area contributed by atoms with Gasteiger partial charge in [-0.25, -0.2) is 0 Å². The fraction of sp³-hybridized carbons (Fsp3) is 1.00. The summed E-state index contributed by atoms with van der Waals surface area (Å²) in [5, 5.41) is 0. The fourth-order valence-corrected chi connectivity index (χ4v) is 1.55. The molecular formula is C5H15LiOPbSi. The Hall–Kier alpha value is 1.70. The molecule has 0 aliphatic carbocycles. The summed E-state index contributed by atoms with van der Waals surface area (Å²) >= 11 is 0. The van der Waals surface area contributed by atoms with Crippen LogP contribution in [0.1, 0.15) is 20.7 Å². The molecule has 9 heavy (non-hydrogen) atoms. The standard InChI is InChI=1S/C5H12OSi.Li.Pb.3H/c7-5-3-1-2-4-6-5;;;;;/h5H,1-4H2,7H3;;;;;/q;+1;;;;-1. The van der Waals surface area contributed by atoms with Crippen molar-refractivity contribution in [3.63, 3.8) is 0 Å². The average Bonchev–Trinajstić information content (AvgIpc) is 1.69. The molecule has 0 spiro atoms. The Labute approximate surface area is 93.5 Å². The van der Waals surface area contributed by atoms with Crippen LogP contribution in [-0.4, -0.2) is 49.9 Å². The SMILES string of the molecule is [H-].[Li+].[PbH2].[SiH3]C1CCCCO1. The van der Waals surface area contributed by atoms with Crippen LogP contribution < -0.4 is 18.9 Å². The first-order valence-electron chi connectivity index (χ1n) is 3.01. The smallest absolute Gasteiger partial charge is 0.0465 e. The Morgan fingerprint density at radius 1 is 1.44 bits per heavy atom. The summed E-state index contributed by atoms with van der Waals surface area (Å²) in [4.78, 5) is 0. The molecule has 0 bridgehead atoms. The first-order valence-corrected chi connectivity index (χ1v) is 4.16. The maximum atomic E-state index is 5.34. The first kappa shape index (κ1) is 13.3. The molecule has 0 N–H and O–H groups in total. The minimum atomic E-state index is 0. The third kappa shape index (κ3) is 6.11. The minimum Gasteiger partial charge on any atom is -0.383 e. The van der Waals surface area contributed by atoms with E-state index in [-0.39, 0.29) is 47.6 Å². The maximum Gasteiger partial charge on any atom is 0.0465 e. The number of hydrogen-bond acceptors (Lipinski definition) is 1. The van der Waals surface area contributed by atoms with Crippen molar-refractivity contribution >= 4 is 37.5 Å². The van der Waals surface area contributed by atoms with Gasteiger partial charge >= 0.3 is 46.2 Å². The molecular weight excluding hydrogens is 318 g/mol. The molecule has 1 saturated heterocycles. The van der Waals surface area contributed by atoms with E-state index in [0.717, 1.165) is 6.61 Å². The summed E-state index contributed by atoms with van der Waals surface area (Å²) in [6.45, 7) is 1.02. The Bertz CT molecular complexity index is 63.6. The van der Waals surface area contributed by atoms with Gasteiger partial charge in [0.2, 0.25) is 0 Å². The summed E-state index contributed by atoms with van der Waals surface area (Å²) in [5.41, 5.74) is 0.675. The van der Waals surface area contributed by atoms with Crippen LogP contribution in [0.3, 0.4) is 0 Å². The second kappa shape index (κ2) is 7.80. The van der Waals surface area contributed by atoms with Gasteiger partial charge < -0.3 is 6.16 Å². The largest absolute Gasteiger partial charge is 0.383 e. The quantitative estimate of drug-likeness (QED) is 0.412. The molecule has 1 unspecified atom stereocenters. The van der Waals surface area contributed by atoms with E-state index in [9.17, 15) is 0 Å². The van der Waals surface area contributed by atoms with Crippen LogP contribution in [0.5, 0.6) is 0 Å². The van der Waals surface area contributed by atoms with Crippen LogP contribution in [0.15, 0.2) is 0 Å². The van der Waals surface area contributed by atoms with Crippen LogP contribution in [-0.2, 0) is 4.74 Å². The summed E-state index contributed by atoms with van der Waals surface area (Å²) in [5.74, 6) is 0. The predicted octanol–water partition coefficient (Wildman–Crippen LogP) is -3.92. The molecule has 50 valence electrons. The van der Waals surface area contributed by atoms with Gasteiger partial charge in [-0.3, -0.25) is 0 Å². The van der Waals surface area contributed by atoms with E-state index in [1.54, 1.807) is 0 Å². The van der Waals surface area contributed by atoms with Crippen LogP contribution in [0.2, 0.25) is 0 Å². The Morgan fingerprint density at radius 3 is 2.33 bits per heavy atom. The molecule has 1 rings (SSSR count). The molecule has 1 fully saturated rings. The monoisotopic (exact) mass is 334 g/mol. The Morgan fingerprint density at radius 2 is 2.11 bits per heavy atom. The number of hydrogen-bond donors (Lipinski definition) is 0. The minimum absolute atomic E-state index is 0. The number of rotatable bonds is 0. The molecule has 1 aliphatic rings. The first-order chi connectivity index (χ1) is 3.39. The third-order valence-electron chi connectivity index (χ3n) is 1.41. The summed E-state index contributed by atoms with van der Waals surface area (Å²) in [6, 6.07) is 0. The van der Waals surface area contributed by atoms with Crippen LogP contribution >= 0.6 is 0 Å². The van der Waals surface area contributed by atoms with Crippen molar-refractivity contribution < 1.29 is 25.0 Å². The molecule has 4 heteroatoms. The van der Waals surface area contributed by atoms with Gasteiger partial charge in [-0.1, -0.05) is 0 Å². The topological polar surface area (TPSA) is 9.23 Å². The van der Waals surface area contributed by atoms with Crippen LogP contribution in [0, 0.1) is 0 Å². The van der Waals surface area contributed by atoms with Gasteiger partial charge in [0, 0.05) is 22.6 Å². The maximum absolute atomic E-state index is 5.34. The van der Waals surface area contributed by atoms with Crippen molar-refractivity contribution in [2.24, 2.45) is 0 Å². The van der Waals surface area contributed by atoms with Gasteiger partial charge in [-0.05, 0) is 19.3 Å². The summed E-state index contributed by atoms with van der Waals surface area (Å²) in [6.07, 6.45) is 4.01. The van der Waals surface area contributed by atoms with Crippen molar-refractivity contribution in [3.8, 4) is 0 Å². The second-order valence-corrected chi connectivity index (χ2v) is 3.47. The molecule has 0 saturated carbocycles. The van der Waals surface area contributed by atoms with E-state index in [2.05, 4.69) is 0 Å². The Balaban J connectivity index is -0.000000163. The third-order valence-corrected chi connectivity index (χ3v) is 2.32. The summed E-state index contributed by atoms with van der Waals surface area (Å²) < 4.78 is 5.34. The molecule has 0 aromatic heterocycles. The van der Waals surface area contributed by atoms with Gasteiger partial charge in [0.05, 0.1) is 0 Å². The van der Waals surface area contributed by atoms with Crippen molar-refractivity contribution in [1.29, 1.82) is 0 Å². The van der Waals surface area contributed by atoms with E-state index in [1.807, 2.05) is 0 Å². The molecule has 1 heterocycles. The van der Waals surface area contributed by atoms with Crippen LogP contribution in [0.4, 0.5) is 0 Å².